The van der Waals surface area contributed by atoms with Crippen molar-refractivity contribution in [2.45, 2.75) is 46.0 Å². The number of azo groups is 2. The molecule has 7 rings (SSSR count). The summed E-state index contributed by atoms with van der Waals surface area (Å²) < 4.78 is 7.86. The molecule has 0 aliphatic rings. The zero-order valence-electron chi connectivity index (χ0n) is 31.8. The summed E-state index contributed by atoms with van der Waals surface area (Å²) in [6.07, 6.45) is -0.834. The number of hydrogen-bond acceptors (Lipinski definition) is 13. The Labute approximate surface area is 336 Å². The second-order valence-electron chi connectivity index (χ2n) is 13.4. The summed E-state index contributed by atoms with van der Waals surface area (Å²) in [6.45, 7) is 6.83. The van der Waals surface area contributed by atoms with Crippen molar-refractivity contribution in [3.8, 4) is 21.1 Å². The summed E-state index contributed by atoms with van der Waals surface area (Å²) in [7, 11) is 1.47. The van der Waals surface area contributed by atoms with Gasteiger partial charge in [-0.15, -0.1) is 22.7 Å². The lowest BCUT2D eigenvalue weighted by Gasteiger charge is -2.22. The van der Waals surface area contributed by atoms with Crippen LogP contribution in [0.3, 0.4) is 0 Å². The van der Waals surface area contributed by atoms with Gasteiger partial charge in [0.15, 0.2) is 23.8 Å². The highest BCUT2D eigenvalue weighted by molar-refractivity contribution is 7.22. The van der Waals surface area contributed by atoms with E-state index in [1.54, 1.807) is 59.1 Å². The van der Waals surface area contributed by atoms with Gasteiger partial charge in [0, 0.05) is 29.6 Å². The van der Waals surface area contributed by atoms with Crippen LogP contribution in [0.15, 0.2) is 130 Å². The Kier molecular flexibility index (Phi) is 11.7. The molecule has 0 bridgehead atoms. The number of benzene rings is 5. The Balaban J connectivity index is 0.955. The zero-order chi connectivity index (χ0) is 40.1. The molecule has 1 amide bonds. The topological polar surface area (TPSA) is 160 Å². The molecular weight excluding hydrogens is 757 g/mol. The molecule has 0 saturated heterocycles. The standard InChI is InChI=1S/C43H38N8O4S2/c1-24-6-20-34-36(22-24)56-42(46-34)28-8-12-32(13-9-28)48-50-38(26(3)52)40(54)44-30-16-18-31(19-17-30)45-41(55-5)39(27(4)53)51-49-33-14-10-29(11-15-33)43-47-35-21-7-25(2)23-37(35)57-43/h6-23,38-39,41,45H,1-5H3,(H,44,54). The molecule has 0 aliphatic carbocycles. The minimum absolute atomic E-state index is 0.244. The summed E-state index contributed by atoms with van der Waals surface area (Å²) >= 11 is 3.24. The molecule has 0 fully saturated rings. The summed E-state index contributed by atoms with van der Waals surface area (Å²) in [5, 5.41) is 24.6. The first-order valence-electron chi connectivity index (χ1n) is 18.0. The predicted octanol–water partition coefficient (Wildman–Crippen LogP) is 10.7. The van der Waals surface area contributed by atoms with Gasteiger partial charge in [-0.1, -0.05) is 12.1 Å². The van der Waals surface area contributed by atoms with Gasteiger partial charge < -0.3 is 15.4 Å². The smallest absolute Gasteiger partial charge is 0.258 e. The lowest BCUT2D eigenvalue weighted by Crippen LogP contribution is -2.38. The first-order chi connectivity index (χ1) is 27.5. The van der Waals surface area contributed by atoms with Crippen molar-refractivity contribution in [1.82, 2.24) is 9.97 Å². The average Bonchev–Trinajstić information content (AvgIpc) is 3.82. The number of aromatic nitrogens is 2. The van der Waals surface area contributed by atoms with E-state index in [0.717, 1.165) is 41.6 Å². The maximum absolute atomic E-state index is 13.1. The summed E-state index contributed by atoms with van der Waals surface area (Å²) in [6, 6.07) is 31.6. The minimum atomic E-state index is -1.34. The fourth-order valence-electron chi connectivity index (χ4n) is 5.87. The van der Waals surface area contributed by atoms with Crippen LogP contribution in [-0.4, -0.2) is 52.9 Å². The second kappa shape index (κ2) is 17.2. The Morgan fingerprint density at radius 2 is 1.12 bits per heavy atom. The molecule has 3 unspecified atom stereocenters. The number of anilines is 2. The number of hydrogen-bond donors (Lipinski definition) is 2. The normalized spacial score (nSPS) is 13.3. The highest BCUT2D eigenvalue weighted by atomic mass is 32.1. The molecule has 0 radical (unpaired) electrons. The number of nitrogens with one attached hydrogen (secondary N) is 2. The SMILES string of the molecule is COC(Nc1ccc(NC(=O)C(N=Nc2ccc(-c3nc4ccc(C)cc4s3)cc2)C(C)=O)cc1)C(N=Nc1ccc(-c2nc3ccc(C)cc3s2)cc1)C(C)=O. The molecule has 57 heavy (non-hydrogen) atoms. The van der Waals surface area contributed by atoms with E-state index in [9.17, 15) is 14.4 Å². The van der Waals surface area contributed by atoms with E-state index in [4.69, 9.17) is 14.7 Å². The van der Waals surface area contributed by atoms with Crippen molar-refractivity contribution in [3.63, 3.8) is 0 Å². The van der Waals surface area contributed by atoms with Crippen LogP contribution < -0.4 is 10.6 Å². The van der Waals surface area contributed by atoms with Crippen LogP contribution in [0.4, 0.5) is 22.7 Å². The number of thiazole rings is 2. The lowest BCUT2D eigenvalue weighted by atomic mass is 10.1. The molecule has 0 saturated carbocycles. The first kappa shape index (κ1) is 38.9. The molecule has 286 valence electrons. The predicted molar refractivity (Wildman–Crippen MR) is 227 cm³/mol. The zero-order valence-corrected chi connectivity index (χ0v) is 33.4. The van der Waals surface area contributed by atoms with Crippen LogP contribution in [0.2, 0.25) is 0 Å². The Morgan fingerprint density at radius 3 is 1.60 bits per heavy atom. The van der Waals surface area contributed by atoms with Gasteiger partial charge in [0.1, 0.15) is 10.0 Å². The highest BCUT2D eigenvalue weighted by Gasteiger charge is 2.26. The van der Waals surface area contributed by atoms with Gasteiger partial charge in [-0.3, -0.25) is 14.4 Å². The average molecular weight is 795 g/mol. The van der Waals surface area contributed by atoms with Crippen LogP contribution in [0.25, 0.3) is 41.6 Å². The Morgan fingerprint density at radius 1 is 0.632 bits per heavy atom. The van der Waals surface area contributed by atoms with E-state index in [1.807, 2.05) is 60.7 Å². The molecule has 5 aromatic carbocycles. The third-order valence-electron chi connectivity index (χ3n) is 8.95. The molecule has 7 aromatic rings. The number of aryl methyl sites for hydroxylation is 2. The van der Waals surface area contributed by atoms with Gasteiger partial charge in [0.05, 0.1) is 31.8 Å². The first-order valence-corrected chi connectivity index (χ1v) is 19.6. The number of ketones is 2. The minimum Gasteiger partial charge on any atom is -0.359 e. The van der Waals surface area contributed by atoms with Crippen LogP contribution in [0.5, 0.6) is 0 Å². The number of nitrogens with zero attached hydrogens (tertiary/aromatic N) is 6. The van der Waals surface area contributed by atoms with E-state index in [1.165, 1.54) is 32.1 Å². The van der Waals surface area contributed by atoms with E-state index in [-0.39, 0.29) is 5.78 Å². The quantitative estimate of drug-likeness (QED) is 0.0629. The number of methoxy groups -OCH3 is 1. The van der Waals surface area contributed by atoms with Gasteiger partial charge >= 0.3 is 0 Å². The van der Waals surface area contributed by atoms with Gasteiger partial charge in [-0.05, 0) is 136 Å². The van der Waals surface area contributed by atoms with Gasteiger partial charge in [-0.2, -0.15) is 20.5 Å². The van der Waals surface area contributed by atoms with Crippen molar-refractivity contribution < 1.29 is 19.1 Å². The molecule has 12 nitrogen and oxygen atoms in total. The lowest BCUT2D eigenvalue weighted by molar-refractivity contribution is -0.126. The fourth-order valence-corrected chi connectivity index (χ4v) is 8.01. The summed E-state index contributed by atoms with van der Waals surface area (Å²) in [5.41, 5.74) is 8.27. The molecular formula is C43H38N8O4S2. The molecule has 2 heterocycles. The van der Waals surface area contributed by atoms with Crippen LogP contribution >= 0.6 is 22.7 Å². The maximum Gasteiger partial charge on any atom is 0.258 e. The fraction of sp³-hybridized carbons (Fsp3) is 0.186. The highest BCUT2D eigenvalue weighted by Crippen LogP contribution is 2.33. The maximum atomic E-state index is 13.1. The van der Waals surface area contributed by atoms with E-state index in [0.29, 0.717) is 22.7 Å². The number of ether oxygens (including phenoxy) is 1. The Bertz CT molecular complexity index is 2640. The molecule has 2 aromatic heterocycles. The molecule has 3 atom stereocenters. The van der Waals surface area contributed by atoms with Gasteiger partial charge in [0.2, 0.25) is 6.04 Å². The van der Waals surface area contributed by atoms with E-state index in [2.05, 4.69) is 57.1 Å². The van der Waals surface area contributed by atoms with E-state index < -0.39 is 30.0 Å². The van der Waals surface area contributed by atoms with Crippen molar-refractivity contribution in [2.24, 2.45) is 20.5 Å². The second-order valence-corrected chi connectivity index (χ2v) is 15.5. The molecule has 14 heteroatoms. The van der Waals surface area contributed by atoms with Crippen molar-refractivity contribution >= 4 is 83.3 Å². The summed E-state index contributed by atoms with van der Waals surface area (Å²) in [5.74, 6) is -1.32. The summed E-state index contributed by atoms with van der Waals surface area (Å²) in [4.78, 5) is 47.7. The third kappa shape index (κ3) is 9.38. The number of Topliss-reactive ketones (excluding diaryl/α,β-unsaturated/α-hetero) is 2. The van der Waals surface area contributed by atoms with Crippen LogP contribution in [-0.2, 0) is 19.1 Å². The van der Waals surface area contributed by atoms with Crippen molar-refractivity contribution in [2.75, 3.05) is 17.7 Å². The number of carbonyl (C=O) groups excluding carboxylic acids is 3. The Hall–Kier alpha value is -6.35. The van der Waals surface area contributed by atoms with E-state index >= 15 is 0 Å². The number of rotatable bonds is 14. The van der Waals surface area contributed by atoms with Gasteiger partial charge in [0.25, 0.3) is 5.91 Å². The van der Waals surface area contributed by atoms with Crippen LogP contribution in [0, 0.1) is 13.8 Å². The van der Waals surface area contributed by atoms with Crippen molar-refractivity contribution in [3.05, 3.63) is 120 Å². The molecule has 0 spiro atoms. The largest absolute Gasteiger partial charge is 0.359 e. The monoisotopic (exact) mass is 794 g/mol. The van der Waals surface area contributed by atoms with Crippen LogP contribution in [0.1, 0.15) is 25.0 Å². The van der Waals surface area contributed by atoms with Gasteiger partial charge in [-0.25, -0.2) is 9.97 Å². The number of amides is 1. The third-order valence-corrected chi connectivity index (χ3v) is 11.1. The number of carbonyl (C=O) groups is 3. The number of fused-ring (bicyclic) bond motifs is 2. The molecule has 0 aliphatic heterocycles. The van der Waals surface area contributed by atoms with Crippen molar-refractivity contribution in [1.29, 1.82) is 0 Å². The molecule has 2 N–H and O–H groups in total.